The Kier molecular flexibility index (Phi) is 6.47. The Morgan fingerprint density at radius 1 is 1.17 bits per heavy atom. The van der Waals surface area contributed by atoms with Crippen molar-refractivity contribution < 1.29 is 27.5 Å². The van der Waals surface area contributed by atoms with Crippen LogP contribution in [-0.2, 0) is 17.4 Å². The van der Waals surface area contributed by atoms with Crippen LogP contribution in [0.3, 0.4) is 0 Å². The highest BCUT2D eigenvalue weighted by atomic mass is 19.4. The van der Waals surface area contributed by atoms with Gasteiger partial charge in [0.1, 0.15) is 11.6 Å². The number of primary amides is 1. The molecule has 2 rings (SSSR count). The first kappa shape index (κ1) is 21.7. The van der Waals surface area contributed by atoms with E-state index in [0.717, 1.165) is 12.1 Å². The van der Waals surface area contributed by atoms with Gasteiger partial charge in [-0.1, -0.05) is 18.2 Å². The molecule has 0 unspecified atom stereocenters. The zero-order valence-corrected chi connectivity index (χ0v) is 15.4. The number of carbonyl (C=O) groups excluding carboxylic acids is 2. The quantitative estimate of drug-likeness (QED) is 0.411. The van der Waals surface area contributed by atoms with Crippen LogP contribution in [0.5, 0.6) is 5.75 Å². The second-order valence-corrected chi connectivity index (χ2v) is 6.07. The van der Waals surface area contributed by atoms with Gasteiger partial charge >= 0.3 is 6.18 Å². The largest absolute Gasteiger partial charge is 0.483 e. The lowest BCUT2D eigenvalue weighted by Gasteiger charge is -2.18. The van der Waals surface area contributed by atoms with Crippen LogP contribution in [0.25, 0.3) is 0 Å². The minimum atomic E-state index is -4.71. The molecule has 0 spiro atoms. The van der Waals surface area contributed by atoms with Crippen molar-refractivity contribution in [3.63, 3.8) is 0 Å². The summed E-state index contributed by atoms with van der Waals surface area (Å²) in [7, 11) is 1.40. The van der Waals surface area contributed by atoms with Gasteiger partial charge in [-0.2, -0.15) is 13.2 Å². The second kappa shape index (κ2) is 8.63. The molecular weight excluding hydrogens is 389 g/mol. The molecule has 2 aromatic carbocycles. The highest BCUT2D eigenvalue weighted by Gasteiger charge is 2.35. The number of rotatable bonds is 7. The lowest BCUT2D eigenvalue weighted by atomic mass is 9.93. The van der Waals surface area contributed by atoms with Crippen molar-refractivity contribution in [3.05, 3.63) is 64.2 Å². The summed E-state index contributed by atoms with van der Waals surface area (Å²) < 4.78 is 45.9. The fraction of sp³-hybridized carbons (Fsp3) is 0.211. The van der Waals surface area contributed by atoms with E-state index in [2.05, 4.69) is 5.32 Å². The first-order chi connectivity index (χ1) is 13.5. The number of nitrogens with one attached hydrogen (secondary N) is 2. The van der Waals surface area contributed by atoms with E-state index in [-0.39, 0.29) is 40.3 Å². The van der Waals surface area contributed by atoms with E-state index in [4.69, 9.17) is 21.6 Å². The van der Waals surface area contributed by atoms with Gasteiger partial charge in [0.05, 0.1) is 5.56 Å². The molecule has 0 atom stereocenters. The summed E-state index contributed by atoms with van der Waals surface area (Å²) in [4.78, 5) is 23.2. The number of ether oxygens (including phenoxy) is 1. The fourth-order valence-corrected chi connectivity index (χ4v) is 2.68. The molecule has 0 aliphatic rings. The number of hydrogen-bond acceptors (Lipinski definition) is 4. The van der Waals surface area contributed by atoms with Crippen molar-refractivity contribution in [1.82, 2.24) is 5.32 Å². The molecule has 0 fully saturated rings. The number of carbonyl (C=O) groups is 2. The zero-order valence-electron chi connectivity index (χ0n) is 15.4. The Balaban J connectivity index is 2.57. The van der Waals surface area contributed by atoms with Gasteiger partial charge in [-0.15, -0.1) is 0 Å². The Labute approximate surface area is 164 Å². The molecule has 0 radical (unpaired) electrons. The molecule has 2 amide bonds. The highest BCUT2D eigenvalue weighted by Crippen LogP contribution is 2.36. The molecule has 0 saturated carbocycles. The SMILES string of the molecule is CNC(=O)COc1cc(C(=N)N)ccc1Cc1c(C(N)=O)cccc1C(F)(F)F. The molecule has 0 bridgehead atoms. The van der Waals surface area contributed by atoms with E-state index in [1.54, 1.807) is 0 Å². The number of likely N-dealkylation sites (N-methyl/N-ethyl adjacent to an activating group) is 1. The van der Waals surface area contributed by atoms with Crippen LogP contribution in [0.15, 0.2) is 36.4 Å². The van der Waals surface area contributed by atoms with Gasteiger partial charge in [-0.05, 0) is 29.3 Å². The third-order valence-electron chi connectivity index (χ3n) is 4.13. The summed E-state index contributed by atoms with van der Waals surface area (Å²) in [5.74, 6) is -1.68. The normalized spacial score (nSPS) is 11.0. The number of benzene rings is 2. The topological polar surface area (TPSA) is 131 Å². The Morgan fingerprint density at radius 3 is 2.41 bits per heavy atom. The van der Waals surface area contributed by atoms with Crippen LogP contribution in [-0.4, -0.2) is 31.3 Å². The first-order valence-corrected chi connectivity index (χ1v) is 8.34. The van der Waals surface area contributed by atoms with Crippen LogP contribution >= 0.6 is 0 Å². The summed E-state index contributed by atoms with van der Waals surface area (Å²) in [6.45, 7) is -0.394. The lowest BCUT2D eigenvalue weighted by molar-refractivity contribution is -0.138. The molecule has 154 valence electrons. The van der Waals surface area contributed by atoms with E-state index in [1.807, 2.05) is 0 Å². The predicted octanol–water partition coefficient (Wildman–Crippen LogP) is 1.80. The Morgan fingerprint density at radius 2 is 1.86 bits per heavy atom. The molecule has 0 heterocycles. The van der Waals surface area contributed by atoms with Crippen molar-refractivity contribution in [1.29, 1.82) is 5.41 Å². The number of halogens is 3. The van der Waals surface area contributed by atoms with Crippen LogP contribution < -0.4 is 21.5 Å². The van der Waals surface area contributed by atoms with Crippen LogP contribution in [0.4, 0.5) is 13.2 Å². The van der Waals surface area contributed by atoms with Gasteiger partial charge in [-0.3, -0.25) is 15.0 Å². The maximum atomic E-state index is 13.5. The van der Waals surface area contributed by atoms with Crippen LogP contribution in [0.1, 0.15) is 32.6 Å². The zero-order chi connectivity index (χ0) is 21.8. The van der Waals surface area contributed by atoms with E-state index in [0.29, 0.717) is 0 Å². The molecule has 0 aromatic heterocycles. The molecule has 10 heteroatoms. The molecule has 7 nitrogen and oxygen atoms in total. The summed E-state index contributed by atoms with van der Waals surface area (Å²) in [5, 5.41) is 9.87. The van der Waals surface area contributed by atoms with E-state index in [1.165, 1.54) is 31.3 Å². The van der Waals surface area contributed by atoms with Gasteiger partial charge in [0.25, 0.3) is 5.91 Å². The monoisotopic (exact) mass is 408 g/mol. The maximum Gasteiger partial charge on any atom is 0.416 e. The standard InChI is InChI=1S/C19H19F3N4O3/c1-26-16(27)9-29-15-8-11(17(23)24)6-5-10(15)7-13-12(18(25)28)3-2-4-14(13)19(20,21)22/h2-6,8H,7,9H2,1H3,(H3,23,24)(H2,25,28)(H,26,27). The average molecular weight is 408 g/mol. The van der Waals surface area contributed by atoms with Crippen LogP contribution in [0.2, 0.25) is 0 Å². The maximum absolute atomic E-state index is 13.5. The van der Waals surface area contributed by atoms with Crippen LogP contribution in [0, 0.1) is 5.41 Å². The molecule has 29 heavy (non-hydrogen) atoms. The predicted molar refractivity (Wildman–Crippen MR) is 99.8 cm³/mol. The number of nitrogens with two attached hydrogens (primary N) is 2. The van der Waals surface area contributed by atoms with Gasteiger partial charge in [0.2, 0.25) is 5.91 Å². The lowest BCUT2D eigenvalue weighted by Crippen LogP contribution is -2.25. The van der Waals surface area contributed by atoms with Gasteiger partial charge in [0, 0.05) is 24.6 Å². The van der Waals surface area contributed by atoms with E-state index in [9.17, 15) is 22.8 Å². The number of hydrogen-bond donors (Lipinski definition) is 4. The first-order valence-electron chi connectivity index (χ1n) is 8.34. The van der Waals surface area contributed by atoms with Crippen molar-refractivity contribution in [2.75, 3.05) is 13.7 Å². The minimum Gasteiger partial charge on any atom is -0.483 e. The summed E-state index contributed by atoms with van der Waals surface area (Å²) in [6, 6.07) is 7.38. The third-order valence-corrected chi connectivity index (χ3v) is 4.13. The third kappa shape index (κ3) is 5.24. The van der Waals surface area contributed by atoms with Gasteiger partial charge in [-0.25, -0.2) is 0 Å². The van der Waals surface area contributed by atoms with Gasteiger partial charge < -0.3 is 21.5 Å². The summed E-state index contributed by atoms with van der Waals surface area (Å²) in [6.07, 6.45) is -5.04. The fourth-order valence-electron chi connectivity index (χ4n) is 2.68. The number of amidine groups is 1. The Bertz CT molecular complexity index is 958. The van der Waals surface area contributed by atoms with Crippen molar-refractivity contribution in [2.24, 2.45) is 11.5 Å². The molecular formula is C19H19F3N4O3. The molecule has 2 aromatic rings. The molecule has 0 aliphatic carbocycles. The van der Waals surface area contributed by atoms with Crippen molar-refractivity contribution in [3.8, 4) is 5.75 Å². The summed E-state index contributed by atoms with van der Waals surface area (Å²) in [5.41, 5.74) is 9.66. The molecule has 0 aliphatic heterocycles. The van der Waals surface area contributed by atoms with Gasteiger partial charge in [0.15, 0.2) is 6.61 Å². The number of amides is 2. The smallest absolute Gasteiger partial charge is 0.416 e. The minimum absolute atomic E-state index is 0.0636. The molecule has 6 N–H and O–H groups in total. The summed E-state index contributed by atoms with van der Waals surface area (Å²) >= 11 is 0. The number of nitrogen functional groups attached to an aromatic ring is 1. The second-order valence-electron chi connectivity index (χ2n) is 6.07. The molecule has 0 saturated heterocycles. The van der Waals surface area contributed by atoms with Crippen molar-refractivity contribution >= 4 is 17.6 Å². The Hall–Kier alpha value is -3.56. The van der Waals surface area contributed by atoms with Crippen molar-refractivity contribution in [2.45, 2.75) is 12.6 Å². The highest BCUT2D eigenvalue weighted by molar-refractivity contribution is 5.96. The average Bonchev–Trinajstić information content (AvgIpc) is 2.65. The van der Waals surface area contributed by atoms with E-state index < -0.39 is 30.2 Å². The number of alkyl halides is 3. The van der Waals surface area contributed by atoms with E-state index >= 15 is 0 Å².